The number of halogens is 2. The second-order valence-electron chi connectivity index (χ2n) is 7.28. The van der Waals surface area contributed by atoms with Crippen molar-refractivity contribution in [3.05, 3.63) is 28.8 Å². The molecule has 2 aliphatic carbocycles. The van der Waals surface area contributed by atoms with Crippen molar-refractivity contribution < 1.29 is 9.53 Å². The molecule has 1 aromatic carbocycles. The molecule has 1 heterocycles. The van der Waals surface area contributed by atoms with E-state index in [-0.39, 0.29) is 24.4 Å². The summed E-state index contributed by atoms with van der Waals surface area (Å²) in [6.07, 6.45) is 5.85. The molecule has 3 N–H and O–H groups in total. The number of hydrogen-bond acceptors (Lipinski definition) is 3. The van der Waals surface area contributed by atoms with Crippen molar-refractivity contribution in [2.75, 3.05) is 0 Å². The van der Waals surface area contributed by atoms with Gasteiger partial charge in [0.15, 0.2) is 6.10 Å². The van der Waals surface area contributed by atoms with Crippen molar-refractivity contribution in [2.24, 2.45) is 17.6 Å². The average molecular weight is 371 g/mol. The first-order valence-corrected chi connectivity index (χ1v) is 8.99. The summed E-state index contributed by atoms with van der Waals surface area (Å²) < 4.78 is 5.81. The molecule has 6 heteroatoms. The van der Waals surface area contributed by atoms with E-state index in [9.17, 15) is 4.79 Å². The number of rotatable bonds is 2. The topological polar surface area (TPSA) is 64.3 Å². The van der Waals surface area contributed by atoms with Gasteiger partial charge in [0.05, 0.1) is 0 Å². The van der Waals surface area contributed by atoms with Gasteiger partial charge in [-0.1, -0.05) is 18.0 Å². The van der Waals surface area contributed by atoms with Crippen LogP contribution in [0.4, 0.5) is 0 Å². The highest BCUT2D eigenvalue weighted by Crippen LogP contribution is 2.40. The van der Waals surface area contributed by atoms with E-state index < -0.39 is 6.10 Å². The molecule has 4 rings (SSSR count). The molecule has 1 aliphatic heterocycles. The summed E-state index contributed by atoms with van der Waals surface area (Å²) in [4.78, 5) is 12.7. The molecule has 24 heavy (non-hydrogen) atoms. The van der Waals surface area contributed by atoms with Crippen LogP contribution in [-0.4, -0.2) is 24.1 Å². The highest BCUT2D eigenvalue weighted by atomic mass is 35.5. The lowest BCUT2D eigenvalue weighted by Crippen LogP contribution is -2.55. The Morgan fingerprint density at radius 1 is 1.25 bits per heavy atom. The molecule has 0 spiro atoms. The van der Waals surface area contributed by atoms with Crippen molar-refractivity contribution >= 4 is 29.9 Å². The number of ether oxygens (including phenoxy) is 1. The number of amides is 1. The van der Waals surface area contributed by atoms with Crippen LogP contribution in [0.3, 0.4) is 0 Å². The Balaban J connectivity index is 0.00000169. The SMILES string of the molecule is Cl.NC1CC2CCCC(C1)C2NC(=O)C1Cc2cc(Cl)ccc2O1. The Hall–Kier alpha value is -0.970. The van der Waals surface area contributed by atoms with E-state index >= 15 is 0 Å². The van der Waals surface area contributed by atoms with Crippen molar-refractivity contribution in [3.8, 4) is 5.75 Å². The van der Waals surface area contributed by atoms with Gasteiger partial charge in [-0.2, -0.15) is 0 Å². The number of hydrogen-bond donors (Lipinski definition) is 2. The minimum atomic E-state index is -0.431. The quantitative estimate of drug-likeness (QED) is 0.840. The molecule has 2 fully saturated rings. The maximum atomic E-state index is 12.7. The lowest BCUT2D eigenvalue weighted by molar-refractivity contribution is -0.129. The van der Waals surface area contributed by atoms with Crippen molar-refractivity contribution in [1.82, 2.24) is 5.32 Å². The minimum absolute atomic E-state index is 0. The van der Waals surface area contributed by atoms with E-state index in [4.69, 9.17) is 22.1 Å². The summed E-state index contributed by atoms with van der Waals surface area (Å²) in [5, 5.41) is 3.96. The zero-order valence-corrected chi connectivity index (χ0v) is 15.1. The Bertz CT molecular complexity index is 611. The van der Waals surface area contributed by atoms with E-state index in [1.165, 1.54) is 19.3 Å². The van der Waals surface area contributed by atoms with E-state index in [1.54, 1.807) is 6.07 Å². The number of nitrogens with one attached hydrogen (secondary N) is 1. The summed E-state index contributed by atoms with van der Waals surface area (Å²) in [6.45, 7) is 0. The normalized spacial score (nSPS) is 33.8. The Morgan fingerprint density at radius 2 is 1.96 bits per heavy atom. The van der Waals surface area contributed by atoms with Crippen molar-refractivity contribution in [1.29, 1.82) is 0 Å². The predicted molar refractivity (Wildman–Crippen MR) is 96.8 cm³/mol. The van der Waals surface area contributed by atoms with Gasteiger partial charge in [-0.25, -0.2) is 0 Å². The van der Waals surface area contributed by atoms with Gasteiger partial charge in [-0.05, 0) is 61.3 Å². The zero-order valence-electron chi connectivity index (χ0n) is 13.5. The molecule has 3 aliphatic rings. The first-order chi connectivity index (χ1) is 11.1. The van der Waals surface area contributed by atoms with Crippen LogP contribution in [-0.2, 0) is 11.2 Å². The largest absolute Gasteiger partial charge is 0.480 e. The summed E-state index contributed by atoms with van der Waals surface area (Å²) >= 11 is 6.02. The van der Waals surface area contributed by atoms with Gasteiger partial charge in [-0.3, -0.25) is 4.79 Å². The van der Waals surface area contributed by atoms with Crippen LogP contribution < -0.4 is 15.8 Å². The summed E-state index contributed by atoms with van der Waals surface area (Å²) in [6, 6.07) is 6.10. The lowest BCUT2D eigenvalue weighted by atomic mass is 9.67. The summed E-state index contributed by atoms with van der Waals surface area (Å²) in [7, 11) is 0. The van der Waals surface area contributed by atoms with E-state index in [0.29, 0.717) is 29.3 Å². The smallest absolute Gasteiger partial charge is 0.261 e. The third-order valence-corrected chi connectivity index (χ3v) is 5.91. The maximum Gasteiger partial charge on any atom is 0.261 e. The van der Waals surface area contributed by atoms with Crippen molar-refractivity contribution in [2.45, 2.75) is 56.7 Å². The fourth-order valence-corrected chi connectivity index (χ4v) is 4.84. The second-order valence-corrected chi connectivity index (χ2v) is 7.72. The van der Waals surface area contributed by atoms with Crippen LogP contribution >= 0.6 is 24.0 Å². The standard InChI is InChI=1S/C18H23ClN2O2.ClH/c19-13-4-5-15-12(6-13)9-16(23-15)18(22)21-17-10-2-1-3-11(17)8-14(20)7-10;/h4-6,10-11,14,16-17H,1-3,7-9,20H2,(H,21,22);1H. The first-order valence-electron chi connectivity index (χ1n) is 8.61. The van der Waals surface area contributed by atoms with Crippen LogP contribution in [0.2, 0.25) is 5.02 Å². The van der Waals surface area contributed by atoms with Gasteiger partial charge in [-0.15, -0.1) is 12.4 Å². The van der Waals surface area contributed by atoms with Crippen LogP contribution in [0.5, 0.6) is 5.75 Å². The fourth-order valence-electron chi connectivity index (χ4n) is 4.65. The van der Waals surface area contributed by atoms with E-state index in [1.807, 2.05) is 12.1 Å². The van der Waals surface area contributed by atoms with Crippen LogP contribution in [0.25, 0.3) is 0 Å². The van der Waals surface area contributed by atoms with Crippen LogP contribution in [0.1, 0.15) is 37.7 Å². The molecule has 3 unspecified atom stereocenters. The molecule has 2 bridgehead atoms. The number of carbonyl (C=O) groups is 1. The molecule has 4 nitrogen and oxygen atoms in total. The molecule has 3 atom stereocenters. The minimum Gasteiger partial charge on any atom is -0.480 e. The average Bonchev–Trinajstić information content (AvgIpc) is 2.91. The van der Waals surface area contributed by atoms with Crippen molar-refractivity contribution in [3.63, 3.8) is 0 Å². The molecule has 132 valence electrons. The van der Waals surface area contributed by atoms with Gasteiger partial charge in [0.25, 0.3) is 5.91 Å². The Labute approximate surface area is 153 Å². The molecule has 0 aromatic heterocycles. The van der Waals surface area contributed by atoms with Gasteiger partial charge in [0.1, 0.15) is 5.75 Å². The maximum absolute atomic E-state index is 12.7. The molecular weight excluding hydrogens is 347 g/mol. The third kappa shape index (κ3) is 3.37. The van der Waals surface area contributed by atoms with Gasteiger partial charge in [0, 0.05) is 23.5 Å². The van der Waals surface area contributed by atoms with E-state index in [0.717, 1.165) is 24.2 Å². The number of carbonyl (C=O) groups excluding carboxylic acids is 1. The van der Waals surface area contributed by atoms with Gasteiger partial charge >= 0.3 is 0 Å². The summed E-state index contributed by atoms with van der Waals surface area (Å²) in [5.74, 6) is 1.84. The molecule has 0 saturated heterocycles. The monoisotopic (exact) mass is 370 g/mol. The summed E-state index contributed by atoms with van der Waals surface area (Å²) in [5.41, 5.74) is 7.18. The number of fused-ring (bicyclic) bond motifs is 3. The Morgan fingerprint density at radius 3 is 2.67 bits per heavy atom. The highest BCUT2D eigenvalue weighted by molar-refractivity contribution is 6.30. The molecule has 1 amide bonds. The molecular formula is C18H24Cl2N2O2. The van der Waals surface area contributed by atoms with E-state index in [2.05, 4.69) is 5.32 Å². The Kier molecular flexibility index (Phi) is 5.28. The predicted octanol–water partition coefficient (Wildman–Crippen LogP) is 3.09. The fraction of sp³-hybridized carbons (Fsp3) is 0.611. The van der Waals surface area contributed by atoms with Gasteiger partial charge < -0.3 is 15.8 Å². The zero-order chi connectivity index (χ0) is 16.0. The molecule has 2 saturated carbocycles. The first kappa shape index (κ1) is 17.8. The third-order valence-electron chi connectivity index (χ3n) is 5.67. The number of benzene rings is 1. The van der Waals surface area contributed by atoms with Gasteiger partial charge in [0.2, 0.25) is 0 Å². The molecule has 1 aromatic rings. The molecule has 0 radical (unpaired) electrons. The second kappa shape index (κ2) is 7.11. The highest BCUT2D eigenvalue weighted by Gasteiger charge is 2.41. The lowest BCUT2D eigenvalue weighted by Gasteiger charge is -2.45. The number of nitrogens with two attached hydrogens (primary N) is 1. The van der Waals surface area contributed by atoms with Crippen LogP contribution in [0, 0.1) is 11.8 Å². The van der Waals surface area contributed by atoms with Crippen LogP contribution in [0.15, 0.2) is 18.2 Å².